The normalized spacial score (nSPS) is 18.8. The molecule has 1 aliphatic rings. The summed E-state index contributed by atoms with van der Waals surface area (Å²) in [5.41, 5.74) is -2.55. The zero-order valence-electron chi connectivity index (χ0n) is 17.7. The third-order valence-corrected chi connectivity index (χ3v) is 5.47. The minimum Gasteiger partial charge on any atom is -0.507 e. The van der Waals surface area contributed by atoms with Crippen molar-refractivity contribution in [2.45, 2.75) is 50.7 Å². The Hall–Kier alpha value is -3.07. The van der Waals surface area contributed by atoms with E-state index in [4.69, 9.17) is 14.2 Å². The minimum absolute atomic E-state index is 0.0298. The summed E-state index contributed by atoms with van der Waals surface area (Å²) in [6, 6.07) is 9.85. The standard InChI is InChI=1S/C23H23F3O6/c1-13-9-10-15-12-17(32-20(28)18(15)19(13)27)11-14(2)31-21(29)22(30-3,23(24,25)26)16-7-5-4-6-8-16/h4-10,14,17,27H,11-12H2,1-3H3/t14-,17+,22+/m1/s1. The van der Waals surface area contributed by atoms with Gasteiger partial charge in [-0.1, -0.05) is 42.5 Å². The molecule has 9 heteroatoms. The summed E-state index contributed by atoms with van der Waals surface area (Å²) < 4.78 is 57.1. The summed E-state index contributed by atoms with van der Waals surface area (Å²) in [5.74, 6) is -2.51. The van der Waals surface area contributed by atoms with Gasteiger partial charge in [0.25, 0.3) is 5.60 Å². The van der Waals surface area contributed by atoms with Crippen molar-refractivity contribution in [3.63, 3.8) is 0 Å². The lowest BCUT2D eigenvalue weighted by Crippen LogP contribution is -2.52. The van der Waals surface area contributed by atoms with Gasteiger partial charge >= 0.3 is 18.1 Å². The number of cyclic esters (lactones) is 1. The second kappa shape index (κ2) is 8.82. The summed E-state index contributed by atoms with van der Waals surface area (Å²) in [7, 11) is 0.792. The molecule has 1 heterocycles. The van der Waals surface area contributed by atoms with Crippen LogP contribution in [0.2, 0.25) is 0 Å². The molecule has 0 amide bonds. The number of aromatic hydroxyl groups is 1. The molecule has 32 heavy (non-hydrogen) atoms. The van der Waals surface area contributed by atoms with Crippen LogP contribution in [0.25, 0.3) is 0 Å². The van der Waals surface area contributed by atoms with Crippen LogP contribution >= 0.6 is 0 Å². The van der Waals surface area contributed by atoms with Crippen LogP contribution in [-0.4, -0.2) is 42.5 Å². The lowest BCUT2D eigenvalue weighted by atomic mass is 9.92. The number of methoxy groups -OCH3 is 1. The van der Waals surface area contributed by atoms with Gasteiger partial charge in [-0.25, -0.2) is 9.59 Å². The van der Waals surface area contributed by atoms with Crippen LogP contribution in [0.5, 0.6) is 5.75 Å². The van der Waals surface area contributed by atoms with E-state index in [9.17, 15) is 27.9 Å². The number of hydrogen-bond donors (Lipinski definition) is 1. The molecule has 3 atom stereocenters. The molecular formula is C23H23F3O6. The second-order valence-electron chi connectivity index (χ2n) is 7.70. The van der Waals surface area contributed by atoms with Gasteiger partial charge in [0.2, 0.25) is 0 Å². The number of rotatable bonds is 6. The number of phenolic OH excluding ortho intramolecular Hbond substituents is 1. The van der Waals surface area contributed by atoms with Gasteiger partial charge in [-0.2, -0.15) is 13.2 Å². The summed E-state index contributed by atoms with van der Waals surface area (Å²) in [6.07, 6.45) is -6.63. The van der Waals surface area contributed by atoms with Crippen LogP contribution in [-0.2, 0) is 31.0 Å². The minimum atomic E-state index is -5.08. The van der Waals surface area contributed by atoms with E-state index >= 15 is 0 Å². The Morgan fingerprint density at radius 2 is 1.88 bits per heavy atom. The highest BCUT2D eigenvalue weighted by Gasteiger charge is 2.64. The number of fused-ring (bicyclic) bond motifs is 1. The molecule has 0 saturated heterocycles. The quantitative estimate of drug-likeness (QED) is 0.662. The molecule has 6 nitrogen and oxygen atoms in total. The number of ether oxygens (including phenoxy) is 3. The number of phenols is 1. The molecule has 0 radical (unpaired) electrons. The fraction of sp³-hybridized carbons (Fsp3) is 0.391. The Labute approximate surface area is 182 Å². The third-order valence-electron chi connectivity index (χ3n) is 5.47. The van der Waals surface area contributed by atoms with Crippen LogP contribution in [0.1, 0.15) is 40.4 Å². The Bertz CT molecular complexity index is 1000. The zero-order valence-corrected chi connectivity index (χ0v) is 17.7. The molecule has 0 aliphatic carbocycles. The smallest absolute Gasteiger partial charge is 0.432 e. The van der Waals surface area contributed by atoms with E-state index in [-0.39, 0.29) is 24.2 Å². The molecule has 0 unspecified atom stereocenters. The summed E-state index contributed by atoms with van der Waals surface area (Å²) in [4.78, 5) is 25.1. The van der Waals surface area contributed by atoms with Gasteiger partial charge in [0.05, 0.1) is 0 Å². The Morgan fingerprint density at radius 3 is 2.47 bits per heavy atom. The van der Waals surface area contributed by atoms with Crippen molar-refractivity contribution in [3.8, 4) is 5.75 Å². The highest BCUT2D eigenvalue weighted by Crippen LogP contribution is 2.43. The highest BCUT2D eigenvalue weighted by molar-refractivity contribution is 5.95. The summed E-state index contributed by atoms with van der Waals surface area (Å²) in [6.45, 7) is 3.06. The average molecular weight is 452 g/mol. The van der Waals surface area contributed by atoms with Gasteiger partial charge in [-0.05, 0) is 25.0 Å². The molecular weight excluding hydrogens is 429 g/mol. The zero-order chi connectivity index (χ0) is 23.7. The molecule has 0 fully saturated rings. The first-order chi connectivity index (χ1) is 15.0. The Kier molecular flexibility index (Phi) is 6.50. The number of carbonyl (C=O) groups is 2. The highest BCUT2D eigenvalue weighted by atomic mass is 19.4. The maximum atomic E-state index is 14.0. The summed E-state index contributed by atoms with van der Waals surface area (Å²) >= 11 is 0. The van der Waals surface area contributed by atoms with Crippen molar-refractivity contribution in [2.75, 3.05) is 7.11 Å². The van der Waals surface area contributed by atoms with Crippen LogP contribution in [0, 0.1) is 6.92 Å². The van der Waals surface area contributed by atoms with E-state index in [2.05, 4.69) is 0 Å². The lowest BCUT2D eigenvalue weighted by Gasteiger charge is -2.34. The van der Waals surface area contributed by atoms with Crippen molar-refractivity contribution < 1.29 is 42.1 Å². The van der Waals surface area contributed by atoms with Gasteiger partial charge in [-0.15, -0.1) is 0 Å². The van der Waals surface area contributed by atoms with Crippen LogP contribution < -0.4 is 0 Å². The van der Waals surface area contributed by atoms with Crippen LogP contribution in [0.15, 0.2) is 42.5 Å². The molecule has 0 bridgehead atoms. The predicted octanol–water partition coefficient (Wildman–Crippen LogP) is 4.21. The van der Waals surface area contributed by atoms with Gasteiger partial charge in [0.15, 0.2) is 0 Å². The van der Waals surface area contributed by atoms with Crippen molar-refractivity contribution in [3.05, 3.63) is 64.7 Å². The number of esters is 2. The maximum Gasteiger partial charge on any atom is 0.432 e. The average Bonchev–Trinajstić information content (AvgIpc) is 2.71. The first-order valence-corrected chi connectivity index (χ1v) is 9.92. The molecule has 1 N–H and O–H groups in total. The molecule has 0 saturated carbocycles. The molecule has 2 aromatic rings. The number of hydrogen-bond acceptors (Lipinski definition) is 6. The molecule has 0 spiro atoms. The van der Waals surface area contributed by atoms with E-state index in [0.717, 1.165) is 19.2 Å². The van der Waals surface area contributed by atoms with E-state index in [1.165, 1.54) is 25.1 Å². The molecule has 172 valence electrons. The van der Waals surface area contributed by atoms with E-state index in [1.807, 2.05) is 0 Å². The largest absolute Gasteiger partial charge is 0.507 e. The maximum absolute atomic E-state index is 14.0. The number of halogens is 3. The van der Waals surface area contributed by atoms with Gasteiger partial charge in [-0.3, -0.25) is 0 Å². The van der Waals surface area contributed by atoms with Crippen LogP contribution in [0.3, 0.4) is 0 Å². The number of benzene rings is 2. The van der Waals surface area contributed by atoms with Crippen molar-refractivity contribution in [1.82, 2.24) is 0 Å². The SMILES string of the molecule is CO[C@](C(=O)O[C@H](C)C[C@H]1Cc2ccc(C)c(O)c2C(=O)O1)(c1ccccc1)C(F)(F)F. The third kappa shape index (κ3) is 4.17. The fourth-order valence-electron chi connectivity index (χ4n) is 3.83. The predicted molar refractivity (Wildman–Crippen MR) is 107 cm³/mol. The van der Waals surface area contributed by atoms with Gasteiger partial charge in [0.1, 0.15) is 23.5 Å². The van der Waals surface area contributed by atoms with E-state index in [1.54, 1.807) is 19.1 Å². The number of carbonyl (C=O) groups excluding carboxylic acids is 2. The molecule has 1 aliphatic heterocycles. The topological polar surface area (TPSA) is 82.1 Å². The first kappa shape index (κ1) is 23.6. The monoisotopic (exact) mass is 452 g/mol. The van der Waals surface area contributed by atoms with E-state index in [0.29, 0.717) is 11.1 Å². The fourth-order valence-corrected chi connectivity index (χ4v) is 3.83. The summed E-state index contributed by atoms with van der Waals surface area (Å²) in [5, 5.41) is 10.1. The molecule has 3 rings (SSSR count). The van der Waals surface area contributed by atoms with Crippen LogP contribution in [0.4, 0.5) is 13.2 Å². The van der Waals surface area contributed by atoms with E-state index < -0.39 is 41.5 Å². The van der Waals surface area contributed by atoms with Crippen molar-refractivity contribution >= 4 is 11.9 Å². The molecule has 0 aromatic heterocycles. The van der Waals surface area contributed by atoms with Gasteiger partial charge in [0, 0.05) is 25.5 Å². The lowest BCUT2D eigenvalue weighted by molar-refractivity contribution is -0.278. The number of aryl methyl sites for hydroxylation is 1. The Balaban J connectivity index is 1.77. The van der Waals surface area contributed by atoms with Gasteiger partial charge < -0.3 is 19.3 Å². The van der Waals surface area contributed by atoms with Crippen molar-refractivity contribution in [2.24, 2.45) is 0 Å². The Morgan fingerprint density at radius 1 is 1.22 bits per heavy atom. The second-order valence-corrected chi connectivity index (χ2v) is 7.70. The first-order valence-electron chi connectivity index (χ1n) is 9.92. The molecule has 2 aromatic carbocycles. The number of alkyl halides is 3. The van der Waals surface area contributed by atoms with Crippen molar-refractivity contribution in [1.29, 1.82) is 0 Å².